The van der Waals surface area contributed by atoms with Gasteiger partial charge in [0, 0.05) is 30.6 Å². The van der Waals surface area contributed by atoms with E-state index in [4.69, 9.17) is 16.0 Å². The third kappa shape index (κ3) is 6.89. The summed E-state index contributed by atoms with van der Waals surface area (Å²) in [4.78, 5) is 40.3. The van der Waals surface area contributed by atoms with Crippen LogP contribution in [-0.4, -0.2) is 34.4 Å². The number of halogens is 1. The van der Waals surface area contributed by atoms with Gasteiger partial charge in [-0.15, -0.1) is 0 Å². The van der Waals surface area contributed by atoms with Crippen molar-refractivity contribution < 1.29 is 19.1 Å². The second kappa shape index (κ2) is 13.1. The number of phenolic OH excluding ortho intramolecular Hbond substituents is 1. The summed E-state index contributed by atoms with van der Waals surface area (Å²) < 4.78 is 5.76. The highest BCUT2D eigenvalue weighted by molar-refractivity contribution is 6.30. The molecule has 44 heavy (non-hydrogen) atoms. The van der Waals surface area contributed by atoms with Crippen molar-refractivity contribution in [3.8, 4) is 5.75 Å². The van der Waals surface area contributed by atoms with Gasteiger partial charge in [0.25, 0.3) is 5.91 Å². The second-order valence-corrected chi connectivity index (χ2v) is 12.2. The molecule has 226 valence electrons. The predicted molar refractivity (Wildman–Crippen MR) is 171 cm³/mol. The fourth-order valence-electron chi connectivity index (χ4n) is 6.43. The van der Waals surface area contributed by atoms with Gasteiger partial charge in [-0.2, -0.15) is 0 Å². The van der Waals surface area contributed by atoms with Gasteiger partial charge >= 0.3 is 0 Å². The van der Waals surface area contributed by atoms with Crippen molar-refractivity contribution >= 4 is 34.4 Å². The van der Waals surface area contributed by atoms with E-state index in [9.17, 15) is 19.5 Å². The molecule has 0 unspecified atom stereocenters. The number of nitrogens with one attached hydrogen (secondary N) is 1. The number of benzene rings is 3. The molecule has 3 aromatic carbocycles. The fraction of sp³-hybridized carbons (Fsp3) is 0.306. The van der Waals surface area contributed by atoms with E-state index in [1.165, 1.54) is 41.0 Å². The maximum atomic E-state index is 13.4. The second-order valence-electron chi connectivity index (χ2n) is 11.8. The molecule has 0 radical (unpaired) electrons. The number of carbonyl (C=O) groups excluding carboxylic acids is 2. The molecule has 7 nitrogen and oxygen atoms in total. The summed E-state index contributed by atoms with van der Waals surface area (Å²) in [5.41, 5.74) is 4.71. The maximum Gasteiger partial charge on any atom is 0.287 e. The number of allylic oxidation sites excluding steroid dienone is 1. The van der Waals surface area contributed by atoms with Crippen LogP contribution in [0.3, 0.4) is 0 Å². The Hall–Kier alpha value is -4.36. The normalized spacial score (nSPS) is 17.6. The van der Waals surface area contributed by atoms with Gasteiger partial charge in [-0.25, -0.2) is 0 Å². The third-order valence-electron chi connectivity index (χ3n) is 8.71. The Morgan fingerprint density at radius 3 is 2.55 bits per heavy atom. The number of nitrogens with zero attached hydrogens (tertiary/aromatic N) is 1. The minimum atomic E-state index is -0.480. The molecule has 1 aliphatic carbocycles. The number of fused-ring (bicyclic) bond motifs is 1. The predicted octanol–water partition coefficient (Wildman–Crippen LogP) is 6.90. The number of likely N-dealkylation sites (tertiary alicyclic amines) is 1. The Balaban J connectivity index is 1.19. The number of rotatable bonds is 8. The average Bonchev–Trinajstić information content (AvgIpc) is 3.43. The van der Waals surface area contributed by atoms with Gasteiger partial charge in [0.05, 0.1) is 11.4 Å². The number of amides is 2. The number of carbonyl (C=O) groups is 2. The lowest BCUT2D eigenvalue weighted by atomic mass is 9.79. The number of phenols is 1. The first kappa shape index (κ1) is 29.7. The van der Waals surface area contributed by atoms with Gasteiger partial charge in [0.1, 0.15) is 11.3 Å². The lowest BCUT2D eigenvalue weighted by molar-refractivity contribution is -0.128. The highest BCUT2D eigenvalue weighted by atomic mass is 35.5. The first-order chi connectivity index (χ1) is 21.3. The van der Waals surface area contributed by atoms with Crippen molar-refractivity contribution in [2.24, 2.45) is 0 Å². The van der Waals surface area contributed by atoms with Crippen molar-refractivity contribution in [3.05, 3.63) is 122 Å². The standard InChI is InChI=1S/C36H35ClN2O5/c37-27-13-9-24(10-14-27)19-28(38-36(43)34-21-32(41)31-20-29(40)15-16-33(31)44-34)18-23-7-11-25(12-8-23)30-5-2-1-4-26(30)22-39-17-3-6-35(39)42/h1-2,4-5,9-10,13-16,18,20-21,25,28,40H,3,6-8,11-12,17,19,22H2,(H,38,43)/t25?,28-/m1/s1. The van der Waals surface area contributed by atoms with Crippen LogP contribution in [-0.2, 0) is 17.8 Å². The van der Waals surface area contributed by atoms with Gasteiger partial charge in [-0.05, 0) is 91.5 Å². The van der Waals surface area contributed by atoms with Crippen molar-refractivity contribution in [3.63, 3.8) is 0 Å². The first-order valence-corrected chi connectivity index (χ1v) is 15.6. The number of aromatic hydroxyl groups is 1. The summed E-state index contributed by atoms with van der Waals surface area (Å²) in [6.45, 7) is 1.51. The van der Waals surface area contributed by atoms with Gasteiger partial charge in [0.15, 0.2) is 11.2 Å². The van der Waals surface area contributed by atoms with Crippen LogP contribution in [0.5, 0.6) is 5.75 Å². The lowest BCUT2D eigenvalue weighted by Gasteiger charge is -2.28. The van der Waals surface area contributed by atoms with Gasteiger partial charge < -0.3 is 19.7 Å². The summed E-state index contributed by atoms with van der Waals surface area (Å²) in [5, 5.41) is 13.7. The van der Waals surface area contributed by atoms with E-state index in [1.54, 1.807) is 0 Å². The molecular formula is C36H35ClN2O5. The Labute approximate surface area is 261 Å². The molecular weight excluding hydrogens is 576 g/mol. The van der Waals surface area contributed by atoms with Crippen LogP contribution in [0.1, 0.15) is 71.7 Å². The first-order valence-electron chi connectivity index (χ1n) is 15.2. The Bertz CT molecular complexity index is 1770. The number of hydrogen-bond donors (Lipinski definition) is 2. The molecule has 4 aromatic rings. The fourth-order valence-corrected chi connectivity index (χ4v) is 6.55. The van der Waals surface area contributed by atoms with E-state index in [0.29, 0.717) is 30.3 Å². The molecule has 0 bridgehead atoms. The zero-order valence-electron chi connectivity index (χ0n) is 24.4. The third-order valence-corrected chi connectivity index (χ3v) is 8.96. The van der Waals surface area contributed by atoms with E-state index in [2.05, 4.69) is 35.7 Å². The molecule has 1 saturated carbocycles. The van der Waals surface area contributed by atoms with E-state index in [1.807, 2.05) is 29.2 Å². The molecule has 2 heterocycles. The molecule has 1 atom stereocenters. The van der Waals surface area contributed by atoms with E-state index >= 15 is 0 Å². The summed E-state index contributed by atoms with van der Waals surface area (Å²) in [7, 11) is 0. The molecule has 2 aliphatic rings. The quantitative estimate of drug-likeness (QED) is 0.211. The zero-order valence-corrected chi connectivity index (χ0v) is 25.2. The van der Waals surface area contributed by atoms with E-state index in [0.717, 1.165) is 44.2 Å². The molecule has 0 spiro atoms. The van der Waals surface area contributed by atoms with Crippen LogP contribution >= 0.6 is 11.6 Å². The highest BCUT2D eigenvalue weighted by Crippen LogP contribution is 2.37. The SMILES string of the molecule is O=C(N[C@H](C=C1CCC(c2ccccc2CN2CCCC2=O)CC1)Cc1ccc(Cl)cc1)c1cc(=O)c2cc(O)ccc2o1. The van der Waals surface area contributed by atoms with Crippen molar-refractivity contribution in [1.29, 1.82) is 0 Å². The van der Waals surface area contributed by atoms with Crippen molar-refractivity contribution in [2.45, 2.75) is 63.5 Å². The maximum absolute atomic E-state index is 13.4. The van der Waals surface area contributed by atoms with Crippen LogP contribution in [0.25, 0.3) is 11.0 Å². The summed E-state index contributed by atoms with van der Waals surface area (Å²) in [6.07, 6.45) is 8.07. The Morgan fingerprint density at radius 2 is 1.80 bits per heavy atom. The molecule has 1 aliphatic heterocycles. The zero-order chi connectivity index (χ0) is 30.6. The highest BCUT2D eigenvalue weighted by Gasteiger charge is 2.25. The number of hydrogen-bond acceptors (Lipinski definition) is 5. The monoisotopic (exact) mass is 610 g/mol. The summed E-state index contributed by atoms with van der Waals surface area (Å²) in [5.74, 6) is 0.0504. The minimum Gasteiger partial charge on any atom is -0.508 e. The van der Waals surface area contributed by atoms with Crippen molar-refractivity contribution in [2.75, 3.05) is 6.54 Å². The molecule has 1 saturated heterocycles. The largest absolute Gasteiger partial charge is 0.508 e. The Kier molecular flexibility index (Phi) is 8.84. The van der Waals surface area contributed by atoms with E-state index < -0.39 is 11.3 Å². The van der Waals surface area contributed by atoms with Crippen LogP contribution < -0.4 is 10.7 Å². The van der Waals surface area contributed by atoms with Crippen molar-refractivity contribution in [1.82, 2.24) is 10.2 Å². The molecule has 2 fully saturated rings. The molecule has 1 aromatic heterocycles. The molecule has 2 N–H and O–H groups in total. The molecule has 2 amide bonds. The van der Waals surface area contributed by atoms with Crippen LogP contribution in [0.15, 0.2) is 93.7 Å². The van der Waals surface area contributed by atoms with Crippen LogP contribution in [0.2, 0.25) is 5.02 Å². The van der Waals surface area contributed by atoms with Crippen LogP contribution in [0, 0.1) is 0 Å². The Morgan fingerprint density at radius 1 is 1.02 bits per heavy atom. The minimum absolute atomic E-state index is 0.0449. The average molecular weight is 611 g/mol. The van der Waals surface area contributed by atoms with Gasteiger partial charge in [0.2, 0.25) is 5.91 Å². The summed E-state index contributed by atoms with van der Waals surface area (Å²) in [6, 6.07) is 21.1. The van der Waals surface area contributed by atoms with Gasteiger partial charge in [-0.1, -0.05) is 59.6 Å². The summed E-state index contributed by atoms with van der Waals surface area (Å²) >= 11 is 6.11. The smallest absolute Gasteiger partial charge is 0.287 e. The molecule has 6 rings (SSSR count). The molecule has 8 heteroatoms. The topological polar surface area (TPSA) is 99.9 Å². The van der Waals surface area contributed by atoms with Crippen LogP contribution in [0.4, 0.5) is 0 Å². The lowest BCUT2D eigenvalue weighted by Crippen LogP contribution is -2.36. The van der Waals surface area contributed by atoms with Gasteiger partial charge in [-0.3, -0.25) is 14.4 Å². The van der Waals surface area contributed by atoms with E-state index in [-0.39, 0.29) is 34.4 Å².